The van der Waals surface area contributed by atoms with Crippen LogP contribution < -0.4 is 15.4 Å². The number of rotatable bonds is 9. The van der Waals surface area contributed by atoms with Gasteiger partial charge in [0, 0.05) is 31.2 Å². The fourth-order valence-electron chi connectivity index (χ4n) is 4.83. The lowest BCUT2D eigenvalue weighted by molar-refractivity contribution is -0.126. The summed E-state index contributed by atoms with van der Waals surface area (Å²) in [6.45, 7) is 1.65. The number of nitrogens with zero attached hydrogens (tertiary/aromatic N) is 1. The normalized spacial score (nSPS) is 17.3. The van der Waals surface area contributed by atoms with Gasteiger partial charge in [0.2, 0.25) is 5.91 Å². The Morgan fingerprint density at radius 3 is 2.51 bits per heavy atom. The van der Waals surface area contributed by atoms with Gasteiger partial charge in [-0.1, -0.05) is 48.5 Å². The van der Waals surface area contributed by atoms with Crippen molar-refractivity contribution in [2.45, 2.75) is 38.1 Å². The molecule has 5 rings (SSSR count). The fraction of sp³-hybridized carbons (Fsp3) is 0.367. The third kappa shape index (κ3) is 6.47. The lowest BCUT2D eigenvalue weighted by Crippen LogP contribution is -2.45. The van der Waals surface area contributed by atoms with Crippen molar-refractivity contribution < 1.29 is 19.1 Å². The highest BCUT2D eigenvalue weighted by atomic mass is 16.5. The quantitative estimate of drug-likeness (QED) is 0.470. The highest BCUT2D eigenvalue weighted by Gasteiger charge is 2.29. The zero-order valence-electron chi connectivity index (χ0n) is 20.9. The van der Waals surface area contributed by atoms with E-state index in [1.807, 2.05) is 71.6 Å². The molecule has 0 bridgehead atoms. The van der Waals surface area contributed by atoms with E-state index < -0.39 is 0 Å². The number of fused-ring (bicyclic) bond motifs is 1. The highest BCUT2D eigenvalue weighted by molar-refractivity contribution is 6.07. The standard InChI is InChI=1S/C30H33N3O4/c34-28(32-24-12-13-24)20-37-25-14-10-21(11-15-25)16-17-31-29(35)23-7-4-18-33(19-23)30(36)27-9-3-6-22-5-1-2-8-26(22)27/h1-3,5-6,8-11,14-15,23-24H,4,7,12-13,16-20H2,(H,31,35)(H,32,34). The molecule has 1 aliphatic heterocycles. The molecule has 1 unspecified atom stereocenters. The van der Waals surface area contributed by atoms with E-state index in [0.717, 1.165) is 42.0 Å². The van der Waals surface area contributed by atoms with Crippen molar-refractivity contribution in [1.82, 2.24) is 15.5 Å². The molecule has 3 aromatic carbocycles. The van der Waals surface area contributed by atoms with E-state index in [-0.39, 0.29) is 30.2 Å². The van der Waals surface area contributed by atoms with Crippen molar-refractivity contribution in [2.24, 2.45) is 5.92 Å². The summed E-state index contributed by atoms with van der Waals surface area (Å²) in [6, 6.07) is 21.6. The molecular formula is C30H33N3O4. The van der Waals surface area contributed by atoms with Gasteiger partial charge in [-0.15, -0.1) is 0 Å². The molecule has 2 fully saturated rings. The largest absolute Gasteiger partial charge is 0.484 e. The Kier molecular flexibility index (Phi) is 7.68. The van der Waals surface area contributed by atoms with Gasteiger partial charge in [0.05, 0.1) is 5.92 Å². The van der Waals surface area contributed by atoms with Crippen molar-refractivity contribution >= 4 is 28.5 Å². The van der Waals surface area contributed by atoms with Crippen LogP contribution in [0.2, 0.25) is 0 Å². The molecule has 1 saturated heterocycles. The average molecular weight is 500 g/mol. The molecule has 192 valence electrons. The van der Waals surface area contributed by atoms with Gasteiger partial charge in [0.25, 0.3) is 11.8 Å². The first-order valence-electron chi connectivity index (χ1n) is 13.1. The number of likely N-dealkylation sites (tertiary alicyclic amines) is 1. The zero-order chi connectivity index (χ0) is 25.6. The molecular weight excluding hydrogens is 466 g/mol. The van der Waals surface area contributed by atoms with Crippen LogP contribution in [0.1, 0.15) is 41.6 Å². The van der Waals surface area contributed by atoms with Gasteiger partial charge in [0.1, 0.15) is 5.75 Å². The number of hydrogen-bond donors (Lipinski definition) is 2. The highest BCUT2D eigenvalue weighted by Crippen LogP contribution is 2.24. The second-order valence-electron chi connectivity index (χ2n) is 9.93. The van der Waals surface area contributed by atoms with Gasteiger partial charge in [0.15, 0.2) is 6.61 Å². The van der Waals surface area contributed by atoms with Crippen LogP contribution in [0.25, 0.3) is 10.8 Å². The Morgan fingerprint density at radius 2 is 1.70 bits per heavy atom. The second-order valence-corrected chi connectivity index (χ2v) is 9.93. The lowest BCUT2D eigenvalue weighted by atomic mass is 9.95. The summed E-state index contributed by atoms with van der Waals surface area (Å²) in [4.78, 5) is 39.8. The molecule has 7 heteroatoms. The maximum absolute atomic E-state index is 13.3. The van der Waals surface area contributed by atoms with Gasteiger partial charge >= 0.3 is 0 Å². The third-order valence-corrected chi connectivity index (χ3v) is 7.05. The van der Waals surface area contributed by atoms with Crippen LogP contribution in [-0.2, 0) is 16.0 Å². The Labute approximate surface area is 217 Å². The minimum Gasteiger partial charge on any atom is -0.484 e. The van der Waals surface area contributed by atoms with Gasteiger partial charge in [-0.2, -0.15) is 0 Å². The Balaban J connectivity index is 1.08. The molecule has 0 spiro atoms. The van der Waals surface area contributed by atoms with Crippen LogP contribution >= 0.6 is 0 Å². The van der Waals surface area contributed by atoms with E-state index in [0.29, 0.717) is 43.4 Å². The number of carbonyl (C=O) groups excluding carboxylic acids is 3. The number of carbonyl (C=O) groups is 3. The predicted molar refractivity (Wildman–Crippen MR) is 142 cm³/mol. The number of benzene rings is 3. The number of ether oxygens (including phenoxy) is 1. The van der Waals surface area contributed by atoms with Gasteiger partial charge in [-0.25, -0.2) is 0 Å². The third-order valence-electron chi connectivity index (χ3n) is 7.05. The van der Waals surface area contributed by atoms with Crippen molar-refractivity contribution in [3.63, 3.8) is 0 Å². The molecule has 3 amide bonds. The van der Waals surface area contributed by atoms with Gasteiger partial charge in [-0.05, 0) is 66.6 Å². The van der Waals surface area contributed by atoms with Gasteiger partial charge in [-0.3, -0.25) is 14.4 Å². The molecule has 1 heterocycles. The zero-order valence-corrected chi connectivity index (χ0v) is 20.9. The summed E-state index contributed by atoms with van der Waals surface area (Å²) in [5.74, 6) is 0.343. The monoisotopic (exact) mass is 499 g/mol. The van der Waals surface area contributed by atoms with Crippen molar-refractivity contribution in [3.8, 4) is 5.75 Å². The Bertz CT molecular complexity index is 1260. The van der Waals surface area contributed by atoms with E-state index in [9.17, 15) is 14.4 Å². The predicted octanol–water partition coefficient (Wildman–Crippen LogP) is 3.71. The second kappa shape index (κ2) is 11.5. The van der Waals surface area contributed by atoms with E-state index in [1.54, 1.807) is 0 Å². The molecule has 1 saturated carbocycles. The molecule has 37 heavy (non-hydrogen) atoms. The first-order valence-corrected chi connectivity index (χ1v) is 13.1. The first-order chi connectivity index (χ1) is 18.1. The van der Waals surface area contributed by atoms with Gasteiger partial charge < -0.3 is 20.3 Å². The SMILES string of the molecule is O=C(COc1ccc(CCNC(=O)C2CCCN(C(=O)c3cccc4ccccc34)C2)cc1)NC1CC1. The molecule has 0 aromatic heterocycles. The lowest BCUT2D eigenvalue weighted by Gasteiger charge is -2.32. The Morgan fingerprint density at radius 1 is 0.919 bits per heavy atom. The number of amides is 3. The molecule has 0 radical (unpaired) electrons. The van der Waals surface area contributed by atoms with Crippen LogP contribution in [0.4, 0.5) is 0 Å². The van der Waals surface area contributed by atoms with E-state index in [2.05, 4.69) is 10.6 Å². The van der Waals surface area contributed by atoms with Crippen LogP contribution in [0, 0.1) is 5.92 Å². The molecule has 3 aromatic rings. The molecule has 2 N–H and O–H groups in total. The summed E-state index contributed by atoms with van der Waals surface area (Å²) in [7, 11) is 0. The molecule has 1 atom stereocenters. The summed E-state index contributed by atoms with van der Waals surface area (Å²) in [5, 5.41) is 7.93. The maximum atomic E-state index is 13.3. The van der Waals surface area contributed by atoms with E-state index >= 15 is 0 Å². The number of nitrogens with one attached hydrogen (secondary N) is 2. The number of hydrogen-bond acceptors (Lipinski definition) is 4. The van der Waals surface area contributed by atoms with Crippen LogP contribution in [0.15, 0.2) is 66.7 Å². The topological polar surface area (TPSA) is 87.7 Å². The summed E-state index contributed by atoms with van der Waals surface area (Å²) in [6.07, 6.45) is 4.40. The van der Waals surface area contributed by atoms with Crippen LogP contribution in [-0.4, -0.2) is 54.9 Å². The molecule has 2 aliphatic rings. The molecule has 7 nitrogen and oxygen atoms in total. The van der Waals surface area contributed by atoms with Crippen molar-refractivity contribution in [3.05, 3.63) is 77.9 Å². The molecule has 1 aliphatic carbocycles. The summed E-state index contributed by atoms with van der Waals surface area (Å²) in [5.41, 5.74) is 1.77. The van der Waals surface area contributed by atoms with E-state index in [1.165, 1.54) is 0 Å². The summed E-state index contributed by atoms with van der Waals surface area (Å²) >= 11 is 0. The van der Waals surface area contributed by atoms with Crippen LogP contribution in [0.5, 0.6) is 5.75 Å². The maximum Gasteiger partial charge on any atom is 0.258 e. The van der Waals surface area contributed by atoms with E-state index in [4.69, 9.17) is 4.74 Å². The summed E-state index contributed by atoms with van der Waals surface area (Å²) < 4.78 is 5.54. The fourth-order valence-corrected chi connectivity index (χ4v) is 4.83. The minimum atomic E-state index is -0.203. The van der Waals surface area contributed by atoms with Crippen molar-refractivity contribution in [1.29, 1.82) is 0 Å². The minimum absolute atomic E-state index is 0.00273. The van der Waals surface area contributed by atoms with Crippen molar-refractivity contribution in [2.75, 3.05) is 26.2 Å². The van der Waals surface area contributed by atoms with Crippen LogP contribution in [0.3, 0.4) is 0 Å². The number of piperidine rings is 1. The smallest absolute Gasteiger partial charge is 0.258 e. The first kappa shape index (κ1) is 24.8. The Hall–Kier alpha value is -3.87. The average Bonchev–Trinajstić information content (AvgIpc) is 3.76.